The summed E-state index contributed by atoms with van der Waals surface area (Å²) in [5.41, 5.74) is 0. The maximum absolute atomic E-state index is 12.6. The number of benzene rings is 1. The summed E-state index contributed by atoms with van der Waals surface area (Å²) in [4.78, 5) is 1.87. The standard InChI is InChI=1S/C14H15F2N3O2S/c1-2-19(14-18-17-13(22-14)12(15)16)7-9-8-20-10-5-3-4-6-11(10)21-9/h3-6,9,12H,2,7-8H2,1H3/t9-/m0/s1. The summed E-state index contributed by atoms with van der Waals surface area (Å²) in [6.07, 6.45) is -2.78. The average molecular weight is 327 g/mol. The van der Waals surface area contributed by atoms with Crippen molar-refractivity contribution in [1.82, 2.24) is 10.2 Å². The molecule has 0 spiro atoms. The summed E-state index contributed by atoms with van der Waals surface area (Å²) in [7, 11) is 0. The molecule has 0 aliphatic carbocycles. The smallest absolute Gasteiger partial charge is 0.291 e. The van der Waals surface area contributed by atoms with E-state index in [1.165, 1.54) is 0 Å². The van der Waals surface area contributed by atoms with E-state index in [1.807, 2.05) is 36.1 Å². The fourth-order valence-electron chi connectivity index (χ4n) is 2.18. The molecule has 1 aromatic carbocycles. The zero-order chi connectivity index (χ0) is 15.5. The van der Waals surface area contributed by atoms with Gasteiger partial charge in [0, 0.05) is 6.54 Å². The Morgan fingerprint density at radius 1 is 1.32 bits per heavy atom. The van der Waals surface area contributed by atoms with E-state index >= 15 is 0 Å². The number of alkyl halides is 2. The molecule has 0 fully saturated rings. The SMILES string of the molecule is CCN(C[C@H]1COc2ccccc2O1)c1nnc(C(F)F)s1. The van der Waals surface area contributed by atoms with Gasteiger partial charge in [-0.2, -0.15) is 0 Å². The number of anilines is 1. The lowest BCUT2D eigenvalue weighted by molar-refractivity contribution is 0.0954. The Labute approximate surface area is 130 Å². The molecule has 1 aliphatic rings. The van der Waals surface area contributed by atoms with Crippen molar-refractivity contribution in [2.24, 2.45) is 0 Å². The van der Waals surface area contributed by atoms with E-state index in [1.54, 1.807) is 0 Å². The van der Waals surface area contributed by atoms with Crippen molar-refractivity contribution in [2.75, 3.05) is 24.6 Å². The molecular weight excluding hydrogens is 312 g/mol. The van der Waals surface area contributed by atoms with Gasteiger partial charge in [0.25, 0.3) is 6.43 Å². The first-order chi connectivity index (χ1) is 10.7. The molecule has 118 valence electrons. The van der Waals surface area contributed by atoms with Crippen molar-refractivity contribution in [2.45, 2.75) is 19.5 Å². The molecule has 3 rings (SSSR count). The van der Waals surface area contributed by atoms with Crippen molar-refractivity contribution in [1.29, 1.82) is 0 Å². The number of nitrogens with zero attached hydrogens (tertiary/aromatic N) is 3. The third-order valence-electron chi connectivity index (χ3n) is 3.26. The number of para-hydroxylation sites is 2. The van der Waals surface area contributed by atoms with Crippen LogP contribution in [0.15, 0.2) is 24.3 Å². The summed E-state index contributed by atoms with van der Waals surface area (Å²) in [6.45, 7) is 3.47. The topological polar surface area (TPSA) is 47.5 Å². The molecular formula is C14H15F2N3O2S. The van der Waals surface area contributed by atoms with Gasteiger partial charge in [-0.05, 0) is 19.1 Å². The number of likely N-dealkylation sites (N-methyl/N-ethyl adjacent to an activating group) is 1. The lowest BCUT2D eigenvalue weighted by atomic mass is 10.2. The Morgan fingerprint density at radius 2 is 2.09 bits per heavy atom. The van der Waals surface area contributed by atoms with Crippen LogP contribution >= 0.6 is 11.3 Å². The lowest BCUT2D eigenvalue weighted by Crippen LogP contribution is -2.41. The Hall–Kier alpha value is -1.96. The average Bonchev–Trinajstić information content (AvgIpc) is 3.02. The van der Waals surface area contributed by atoms with Crippen LogP contribution in [-0.2, 0) is 0 Å². The van der Waals surface area contributed by atoms with E-state index < -0.39 is 6.43 Å². The molecule has 2 heterocycles. The number of halogens is 2. The first-order valence-corrected chi connectivity index (χ1v) is 7.74. The molecule has 1 aliphatic heterocycles. The van der Waals surface area contributed by atoms with Crippen LogP contribution in [-0.4, -0.2) is 36.0 Å². The molecule has 5 nitrogen and oxygen atoms in total. The zero-order valence-corrected chi connectivity index (χ0v) is 12.7. The van der Waals surface area contributed by atoms with E-state index in [9.17, 15) is 8.78 Å². The van der Waals surface area contributed by atoms with Crippen molar-refractivity contribution in [3.63, 3.8) is 0 Å². The molecule has 0 amide bonds. The van der Waals surface area contributed by atoms with Gasteiger partial charge in [-0.15, -0.1) is 10.2 Å². The molecule has 2 aromatic rings. The van der Waals surface area contributed by atoms with Gasteiger partial charge < -0.3 is 14.4 Å². The number of ether oxygens (including phenoxy) is 2. The van der Waals surface area contributed by atoms with E-state index in [-0.39, 0.29) is 11.1 Å². The second kappa shape index (κ2) is 6.43. The van der Waals surface area contributed by atoms with Crippen molar-refractivity contribution in [3.05, 3.63) is 29.3 Å². The number of hydrogen-bond acceptors (Lipinski definition) is 6. The van der Waals surface area contributed by atoms with Gasteiger partial charge in [0.05, 0.1) is 6.54 Å². The molecule has 0 unspecified atom stereocenters. The summed E-state index contributed by atoms with van der Waals surface area (Å²) >= 11 is 0.905. The van der Waals surface area contributed by atoms with Gasteiger partial charge in [0.2, 0.25) is 5.13 Å². The highest BCUT2D eigenvalue weighted by Gasteiger charge is 2.25. The number of hydrogen-bond donors (Lipinski definition) is 0. The zero-order valence-electron chi connectivity index (χ0n) is 11.9. The van der Waals surface area contributed by atoms with Gasteiger partial charge >= 0.3 is 0 Å². The molecule has 1 aromatic heterocycles. The van der Waals surface area contributed by atoms with Crippen LogP contribution in [0.2, 0.25) is 0 Å². The van der Waals surface area contributed by atoms with Gasteiger partial charge in [-0.25, -0.2) is 8.78 Å². The molecule has 0 saturated carbocycles. The molecule has 0 bridgehead atoms. The molecule has 0 N–H and O–H groups in total. The van der Waals surface area contributed by atoms with Crippen LogP contribution in [0.5, 0.6) is 11.5 Å². The van der Waals surface area contributed by atoms with Crippen molar-refractivity contribution >= 4 is 16.5 Å². The Kier molecular flexibility index (Phi) is 4.37. The quantitative estimate of drug-likeness (QED) is 0.844. The predicted octanol–water partition coefficient (Wildman–Crippen LogP) is 3.14. The predicted molar refractivity (Wildman–Crippen MR) is 79.1 cm³/mol. The Balaban J connectivity index is 1.68. The highest BCUT2D eigenvalue weighted by atomic mass is 32.1. The van der Waals surface area contributed by atoms with E-state index in [0.717, 1.165) is 17.1 Å². The first kappa shape index (κ1) is 15.0. The maximum Gasteiger partial charge on any atom is 0.291 e. The Morgan fingerprint density at radius 3 is 2.77 bits per heavy atom. The van der Waals surface area contributed by atoms with Crippen LogP contribution in [0.1, 0.15) is 18.4 Å². The van der Waals surface area contributed by atoms with E-state index in [0.29, 0.717) is 30.6 Å². The molecule has 8 heteroatoms. The summed E-state index contributed by atoms with van der Waals surface area (Å²) in [5.74, 6) is 1.41. The summed E-state index contributed by atoms with van der Waals surface area (Å²) in [6, 6.07) is 7.45. The van der Waals surface area contributed by atoms with Crippen LogP contribution in [0.25, 0.3) is 0 Å². The van der Waals surface area contributed by atoms with Gasteiger partial charge in [-0.1, -0.05) is 23.5 Å². The van der Waals surface area contributed by atoms with Crippen LogP contribution in [0, 0.1) is 0 Å². The highest BCUT2D eigenvalue weighted by Crippen LogP contribution is 2.32. The number of rotatable bonds is 5. The fourth-order valence-corrected chi connectivity index (χ4v) is 2.96. The third kappa shape index (κ3) is 3.11. The third-order valence-corrected chi connectivity index (χ3v) is 4.25. The monoisotopic (exact) mass is 327 g/mol. The second-order valence-corrected chi connectivity index (χ2v) is 5.75. The van der Waals surface area contributed by atoms with Crippen LogP contribution in [0.4, 0.5) is 13.9 Å². The maximum atomic E-state index is 12.6. The summed E-state index contributed by atoms with van der Waals surface area (Å²) in [5, 5.41) is 7.56. The normalized spacial score (nSPS) is 16.8. The van der Waals surface area contributed by atoms with E-state index in [2.05, 4.69) is 10.2 Å². The number of aromatic nitrogens is 2. The molecule has 0 radical (unpaired) electrons. The van der Waals surface area contributed by atoms with E-state index in [4.69, 9.17) is 9.47 Å². The van der Waals surface area contributed by atoms with Crippen molar-refractivity contribution in [3.8, 4) is 11.5 Å². The lowest BCUT2D eigenvalue weighted by Gasteiger charge is -2.30. The minimum absolute atomic E-state index is 0.186. The highest BCUT2D eigenvalue weighted by molar-refractivity contribution is 7.15. The van der Waals surface area contributed by atoms with Crippen LogP contribution in [0.3, 0.4) is 0 Å². The first-order valence-electron chi connectivity index (χ1n) is 6.92. The number of fused-ring (bicyclic) bond motifs is 1. The van der Waals surface area contributed by atoms with Gasteiger partial charge in [0.1, 0.15) is 6.61 Å². The molecule has 0 saturated heterocycles. The van der Waals surface area contributed by atoms with Gasteiger partial charge in [-0.3, -0.25) is 0 Å². The fraction of sp³-hybridized carbons (Fsp3) is 0.429. The second-order valence-electron chi connectivity index (χ2n) is 4.76. The summed E-state index contributed by atoms with van der Waals surface area (Å²) < 4.78 is 36.8. The molecule has 22 heavy (non-hydrogen) atoms. The largest absolute Gasteiger partial charge is 0.486 e. The van der Waals surface area contributed by atoms with Crippen LogP contribution < -0.4 is 14.4 Å². The molecule has 1 atom stereocenters. The minimum Gasteiger partial charge on any atom is -0.486 e. The van der Waals surface area contributed by atoms with Gasteiger partial charge in [0.15, 0.2) is 22.6 Å². The Bertz CT molecular complexity index is 638. The van der Waals surface area contributed by atoms with Crippen molar-refractivity contribution < 1.29 is 18.3 Å². The minimum atomic E-state index is -2.59.